The van der Waals surface area contributed by atoms with Gasteiger partial charge in [-0.15, -0.1) is 0 Å². The zero-order valence-corrected chi connectivity index (χ0v) is 18.6. The van der Waals surface area contributed by atoms with Gasteiger partial charge in [0.1, 0.15) is 12.4 Å². The number of carbonyl (C=O) groups excluding carboxylic acids is 1. The van der Waals surface area contributed by atoms with Crippen molar-refractivity contribution < 1.29 is 41.7 Å². The van der Waals surface area contributed by atoms with E-state index >= 15 is 0 Å². The first kappa shape index (κ1) is 24.8. The maximum absolute atomic E-state index is 13.4. The largest absolute Gasteiger partial charge is 0.488 e. The highest BCUT2D eigenvalue weighted by atomic mass is 19.3. The van der Waals surface area contributed by atoms with Gasteiger partial charge in [-0.05, 0) is 49.7 Å². The molecule has 4 rings (SSSR count). The number of aliphatic hydroxyl groups is 1. The van der Waals surface area contributed by atoms with Crippen LogP contribution in [0.3, 0.4) is 0 Å². The molecule has 0 saturated carbocycles. The fourth-order valence-electron chi connectivity index (χ4n) is 4.09. The molecular weight excluding hydrogens is 472 g/mol. The second-order valence-corrected chi connectivity index (χ2v) is 8.03. The summed E-state index contributed by atoms with van der Waals surface area (Å²) in [5.74, 6) is -3.07. The first-order chi connectivity index (χ1) is 16.9. The molecule has 1 amide bonds. The lowest BCUT2D eigenvalue weighted by atomic mass is 10.2. The lowest BCUT2D eigenvalue weighted by Crippen LogP contribution is -2.35. The van der Waals surface area contributed by atoms with Crippen LogP contribution in [0, 0.1) is 11.6 Å². The summed E-state index contributed by atoms with van der Waals surface area (Å²) in [6.45, 7) is -1.44. The van der Waals surface area contributed by atoms with Crippen molar-refractivity contribution in [2.75, 3.05) is 37.7 Å². The van der Waals surface area contributed by atoms with E-state index in [0.29, 0.717) is 6.54 Å². The average Bonchev–Trinajstić information content (AvgIpc) is 3.43. The molecule has 0 spiro atoms. The lowest BCUT2D eigenvalue weighted by Gasteiger charge is -2.23. The SMILES string of the molecule is O=C1C(Oc2ccc(F)c(F)c2)=CCN1c1ccc(OCCN2CCC[C@H]2CO)c(OC(F)F)c1. The molecule has 2 aliphatic rings. The van der Waals surface area contributed by atoms with Gasteiger partial charge in [0.15, 0.2) is 28.9 Å². The van der Waals surface area contributed by atoms with Crippen molar-refractivity contribution in [3.05, 3.63) is 59.9 Å². The summed E-state index contributed by atoms with van der Waals surface area (Å²) in [5, 5.41) is 9.41. The zero-order chi connectivity index (χ0) is 24.9. The highest BCUT2D eigenvalue weighted by molar-refractivity contribution is 6.07. The number of rotatable bonds is 10. The molecule has 1 N–H and O–H groups in total. The Kier molecular flexibility index (Phi) is 7.76. The zero-order valence-electron chi connectivity index (χ0n) is 18.6. The Balaban J connectivity index is 1.43. The standard InChI is InChI=1S/C24H24F4N2O5/c25-18-5-4-17(13-19(18)26)34-21-7-9-30(23(21)32)15-3-6-20(22(12-15)35-24(27)28)33-11-10-29-8-1-2-16(29)14-31/h3-7,12-13,16,24,31H,1-2,8-11,14H2/t16-/m0/s1. The fourth-order valence-corrected chi connectivity index (χ4v) is 4.09. The number of anilines is 1. The normalized spacial score (nSPS) is 18.3. The number of nitrogens with zero attached hydrogens (tertiary/aromatic N) is 2. The molecule has 7 nitrogen and oxygen atoms in total. The molecule has 188 valence electrons. The predicted octanol–water partition coefficient (Wildman–Crippen LogP) is 3.71. The number of amides is 1. The third-order valence-electron chi connectivity index (χ3n) is 5.83. The minimum absolute atomic E-state index is 0.0497. The first-order valence-electron chi connectivity index (χ1n) is 11.1. The second kappa shape index (κ2) is 11.0. The molecule has 1 fully saturated rings. The summed E-state index contributed by atoms with van der Waals surface area (Å²) in [6, 6.07) is 7.16. The molecule has 0 aromatic heterocycles. The molecule has 1 atom stereocenters. The molecule has 0 aliphatic carbocycles. The van der Waals surface area contributed by atoms with Gasteiger partial charge in [0.2, 0.25) is 0 Å². The first-order valence-corrected chi connectivity index (χ1v) is 11.1. The highest BCUT2D eigenvalue weighted by Crippen LogP contribution is 2.35. The number of hydrogen-bond acceptors (Lipinski definition) is 6. The van der Waals surface area contributed by atoms with E-state index in [9.17, 15) is 27.5 Å². The summed E-state index contributed by atoms with van der Waals surface area (Å²) in [5.41, 5.74) is 0.262. The van der Waals surface area contributed by atoms with Crippen molar-refractivity contribution >= 4 is 11.6 Å². The van der Waals surface area contributed by atoms with Crippen LogP contribution < -0.4 is 19.1 Å². The van der Waals surface area contributed by atoms with Crippen molar-refractivity contribution in [3.8, 4) is 17.2 Å². The molecule has 0 unspecified atom stereocenters. The molecule has 2 aliphatic heterocycles. The van der Waals surface area contributed by atoms with E-state index in [1.165, 1.54) is 35.2 Å². The van der Waals surface area contributed by atoms with Crippen molar-refractivity contribution in [1.82, 2.24) is 4.90 Å². The molecule has 0 bridgehead atoms. The van der Waals surface area contributed by atoms with Crippen molar-refractivity contribution in [2.45, 2.75) is 25.5 Å². The average molecular weight is 496 g/mol. The van der Waals surface area contributed by atoms with Gasteiger partial charge in [-0.1, -0.05) is 0 Å². The summed E-state index contributed by atoms with van der Waals surface area (Å²) < 4.78 is 68.3. The van der Waals surface area contributed by atoms with Crippen molar-refractivity contribution in [3.63, 3.8) is 0 Å². The van der Waals surface area contributed by atoms with Crippen LogP contribution in [0.1, 0.15) is 12.8 Å². The van der Waals surface area contributed by atoms with Gasteiger partial charge in [-0.25, -0.2) is 8.78 Å². The monoisotopic (exact) mass is 496 g/mol. The Morgan fingerprint density at radius 3 is 2.66 bits per heavy atom. The molecule has 2 aromatic rings. The minimum Gasteiger partial charge on any atom is -0.488 e. The number of likely N-dealkylation sites (tertiary alicyclic amines) is 1. The van der Waals surface area contributed by atoms with E-state index in [2.05, 4.69) is 9.64 Å². The number of hydrogen-bond donors (Lipinski definition) is 1. The molecule has 11 heteroatoms. The fraction of sp³-hybridized carbons (Fsp3) is 0.375. The number of ether oxygens (including phenoxy) is 3. The van der Waals surface area contributed by atoms with Gasteiger partial charge in [0, 0.05) is 37.0 Å². The van der Waals surface area contributed by atoms with Crippen LogP contribution in [-0.2, 0) is 4.79 Å². The Bertz CT molecular complexity index is 1100. The molecule has 35 heavy (non-hydrogen) atoms. The molecule has 2 aromatic carbocycles. The summed E-state index contributed by atoms with van der Waals surface area (Å²) >= 11 is 0. The molecular formula is C24H24F4N2O5. The number of benzene rings is 2. The third-order valence-corrected chi connectivity index (χ3v) is 5.83. The maximum Gasteiger partial charge on any atom is 0.387 e. The van der Waals surface area contributed by atoms with E-state index in [4.69, 9.17) is 9.47 Å². The van der Waals surface area contributed by atoms with E-state index in [-0.39, 0.29) is 54.5 Å². The van der Waals surface area contributed by atoms with Gasteiger partial charge in [0.05, 0.1) is 6.61 Å². The van der Waals surface area contributed by atoms with Crippen LogP contribution in [0.5, 0.6) is 17.2 Å². The highest BCUT2D eigenvalue weighted by Gasteiger charge is 2.29. The smallest absolute Gasteiger partial charge is 0.387 e. The number of alkyl halides is 2. The Labute approximate surface area is 199 Å². The van der Waals surface area contributed by atoms with Crippen LogP contribution in [0.4, 0.5) is 23.2 Å². The quantitative estimate of drug-likeness (QED) is 0.506. The van der Waals surface area contributed by atoms with E-state index in [0.717, 1.165) is 31.5 Å². The van der Waals surface area contributed by atoms with Crippen LogP contribution in [0.25, 0.3) is 0 Å². The molecule has 2 heterocycles. The van der Waals surface area contributed by atoms with Gasteiger partial charge in [0.25, 0.3) is 5.91 Å². The molecule has 0 radical (unpaired) electrons. The van der Waals surface area contributed by atoms with Crippen molar-refractivity contribution in [1.29, 1.82) is 0 Å². The predicted molar refractivity (Wildman–Crippen MR) is 118 cm³/mol. The lowest BCUT2D eigenvalue weighted by molar-refractivity contribution is -0.116. The maximum atomic E-state index is 13.4. The van der Waals surface area contributed by atoms with E-state index in [1.807, 2.05) is 0 Å². The van der Waals surface area contributed by atoms with E-state index in [1.54, 1.807) is 0 Å². The summed E-state index contributed by atoms with van der Waals surface area (Å²) in [6.07, 6.45) is 3.30. The van der Waals surface area contributed by atoms with Gasteiger partial charge in [-0.3, -0.25) is 9.69 Å². The van der Waals surface area contributed by atoms with E-state index < -0.39 is 24.2 Å². The van der Waals surface area contributed by atoms with Gasteiger partial charge in [-0.2, -0.15) is 8.78 Å². The number of carbonyl (C=O) groups is 1. The Morgan fingerprint density at radius 2 is 1.91 bits per heavy atom. The van der Waals surface area contributed by atoms with Crippen LogP contribution in [0.2, 0.25) is 0 Å². The van der Waals surface area contributed by atoms with Crippen LogP contribution >= 0.6 is 0 Å². The summed E-state index contributed by atoms with van der Waals surface area (Å²) in [7, 11) is 0. The third kappa shape index (κ3) is 5.85. The Morgan fingerprint density at radius 1 is 1.09 bits per heavy atom. The van der Waals surface area contributed by atoms with Gasteiger partial charge < -0.3 is 24.2 Å². The van der Waals surface area contributed by atoms with Crippen LogP contribution in [-0.4, -0.2) is 61.4 Å². The van der Waals surface area contributed by atoms with Crippen molar-refractivity contribution in [2.24, 2.45) is 0 Å². The number of aliphatic hydroxyl groups excluding tert-OH is 1. The van der Waals surface area contributed by atoms with Crippen LogP contribution in [0.15, 0.2) is 48.2 Å². The topological polar surface area (TPSA) is 71.5 Å². The second-order valence-electron chi connectivity index (χ2n) is 8.03. The Hall–Kier alpha value is -3.31. The summed E-state index contributed by atoms with van der Waals surface area (Å²) in [4.78, 5) is 16.1. The van der Waals surface area contributed by atoms with Gasteiger partial charge >= 0.3 is 6.61 Å². The number of halogens is 4. The minimum atomic E-state index is -3.11. The molecule has 1 saturated heterocycles.